The van der Waals surface area contributed by atoms with E-state index in [0.29, 0.717) is 11.8 Å². The molecule has 1 atom stereocenters. The summed E-state index contributed by atoms with van der Waals surface area (Å²) < 4.78 is 26.5. The highest BCUT2D eigenvalue weighted by molar-refractivity contribution is 7.89. The smallest absolute Gasteiger partial charge is 0.214 e. The number of rotatable bonds is 8. The number of hydrogen-bond acceptors (Lipinski definition) is 4. The minimum Gasteiger partial charge on any atom is -0.314 e. The summed E-state index contributed by atoms with van der Waals surface area (Å²) >= 11 is 0. The normalized spacial score (nSPS) is 28.5. The van der Waals surface area contributed by atoms with Crippen LogP contribution in [0.25, 0.3) is 0 Å². The molecule has 0 aromatic rings. The van der Waals surface area contributed by atoms with Crippen molar-refractivity contribution in [3.05, 3.63) is 0 Å². The van der Waals surface area contributed by atoms with Crippen LogP contribution in [0.4, 0.5) is 0 Å². The first-order valence-corrected chi connectivity index (χ1v) is 10.2. The molecule has 3 rings (SSSR count). The molecule has 0 bridgehead atoms. The van der Waals surface area contributed by atoms with Gasteiger partial charge in [-0.2, -0.15) is 0 Å². The fourth-order valence-electron chi connectivity index (χ4n) is 3.50. The molecule has 1 aliphatic carbocycles. The van der Waals surface area contributed by atoms with Crippen LogP contribution in [0.15, 0.2) is 0 Å². The number of nitrogens with zero attached hydrogens (tertiary/aromatic N) is 2. The average molecular weight is 315 g/mol. The molecule has 0 aromatic heterocycles. The number of nitrogens with one attached hydrogen (secondary N) is 1. The van der Waals surface area contributed by atoms with Crippen LogP contribution < -0.4 is 5.32 Å². The Morgan fingerprint density at radius 1 is 1.00 bits per heavy atom. The van der Waals surface area contributed by atoms with E-state index in [1.54, 1.807) is 4.31 Å². The molecule has 1 saturated carbocycles. The second kappa shape index (κ2) is 6.94. The van der Waals surface area contributed by atoms with Crippen molar-refractivity contribution in [1.29, 1.82) is 0 Å². The number of sulfonamides is 1. The highest BCUT2D eigenvalue weighted by atomic mass is 32.2. The maximum Gasteiger partial charge on any atom is 0.214 e. The number of likely N-dealkylation sites (tertiary alicyclic amines) is 1. The second-order valence-corrected chi connectivity index (χ2v) is 8.88. The summed E-state index contributed by atoms with van der Waals surface area (Å²) in [6, 6.07) is 1.19. The van der Waals surface area contributed by atoms with Crippen LogP contribution in [-0.2, 0) is 10.0 Å². The quantitative estimate of drug-likeness (QED) is 0.680. The first-order chi connectivity index (χ1) is 10.1. The van der Waals surface area contributed by atoms with E-state index in [0.717, 1.165) is 58.0 Å². The van der Waals surface area contributed by atoms with Crippen LogP contribution >= 0.6 is 0 Å². The molecule has 6 heteroatoms. The SMILES string of the molecule is O=S(=O)(CCCCNC1CC1)N1CCC(N2CCCC2)C1. The zero-order valence-electron chi connectivity index (χ0n) is 13.0. The van der Waals surface area contributed by atoms with Gasteiger partial charge in [-0.25, -0.2) is 12.7 Å². The van der Waals surface area contributed by atoms with E-state index >= 15 is 0 Å². The molecular weight excluding hydrogens is 286 g/mol. The lowest BCUT2D eigenvalue weighted by atomic mass is 10.2. The Balaban J connectivity index is 1.37. The fourth-order valence-corrected chi connectivity index (χ4v) is 5.11. The third kappa shape index (κ3) is 4.41. The van der Waals surface area contributed by atoms with E-state index < -0.39 is 10.0 Å². The molecular formula is C15H29N3O2S. The molecule has 2 heterocycles. The second-order valence-electron chi connectivity index (χ2n) is 6.80. The summed E-state index contributed by atoms with van der Waals surface area (Å²) in [6.45, 7) is 4.74. The molecule has 3 fully saturated rings. The van der Waals surface area contributed by atoms with Crippen LogP contribution in [0.1, 0.15) is 44.9 Å². The van der Waals surface area contributed by atoms with Gasteiger partial charge >= 0.3 is 0 Å². The Bertz CT molecular complexity index is 430. The summed E-state index contributed by atoms with van der Waals surface area (Å²) in [5.41, 5.74) is 0. The summed E-state index contributed by atoms with van der Waals surface area (Å²) in [5, 5.41) is 3.44. The van der Waals surface area contributed by atoms with E-state index in [1.165, 1.54) is 25.7 Å². The molecule has 21 heavy (non-hydrogen) atoms. The van der Waals surface area contributed by atoms with Crippen LogP contribution in [0.5, 0.6) is 0 Å². The molecule has 0 aromatic carbocycles. The van der Waals surface area contributed by atoms with Crippen LogP contribution in [0, 0.1) is 0 Å². The Morgan fingerprint density at radius 3 is 2.48 bits per heavy atom. The Labute approximate surface area is 129 Å². The number of unbranched alkanes of at least 4 members (excludes halogenated alkanes) is 1. The van der Waals surface area contributed by atoms with Crippen molar-refractivity contribution in [3.8, 4) is 0 Å². The molecule has 0 amide bonds. The van der Waals surface area contributed by atoms with Crippen LogP contribution in [0.2, 0.25) is 0 Å². The number of hydrogen-bond donors (Lipinski definition) is 1. The standard InChI is InChI=1S/C15H29N3O2S/c19-21(20,12-4-1-8-16-14-5-6-14)18-11-7-15(13-18)17-9-2-3-10-17/h14-16H,1-13H2. The van der Waals surface area contributed by atoms with Gasteiger partial charge in [0.05, 0.1) is 5.75 Å². The molecule has 0 spiro atoms. The van der Waals surface area contributed by atoms with Crippen LogP contribution in [-0.4, -0.2) is 68.2 Å². The van der Waals surface area contributed by atoms with Gasteiger partial charge in [0.15, 0.2) is 0 Å². The van der Waals surface area contributed by atoms with Crippen molar-refractivity contribution in [2.45, 2.75) is 57.0 Å². The lowest BCUT2D eigenvalue weighted by Gasteiger charge is -2.23. The Hall–Kier alpha value is -0.170. The van der Waals surface area contributed by atoms with Gasteiger partial charge in [0, 0.05) is 25.2 Å². The summed E-state index contributed by atoms with van der Waals surface area (Å²) in [7, 11) is -3.03. The third-order valence-electron chi connectivity index (χ3n) is 5.02. The van der Waals surface area contributed by atoms with Gasteiger partial charge in [0.25, 0.3) is 0 Å². The minimum absolute atomic E-state index is 0.325. The fraction of sp³-hybridized carbons (Fsp3) is 1.00. The third-order valence-corrected chi connectivity index (χ3v) is 6.94. The van der Waals surface area contributed by atoms with Crippen molar-refractivity contribution in [2.75, 3.05) is 38.5 Å². The van der Waals surface area contributed by atoms with Crippen molar-refractivity contribution >= 4 is 10.0 Å². The van der Waals surface area contributed by atoms with E-state index in [-0.39, 0.29) is 0 Å². The molecule has 2 aliphatic heterocycles. The van der Waals surface area contributed by atoms with E-state index in [4.69, 9.17) is 0 Å². The molecule has 5 nitrogen and oxygen atoms in total. The monoisotopic (exact) mass is 315 g/mol. The largest absolute Gasteiger partial charge is 0.314 e. The maximum atomic E-state index is 12.4. The van der Waals surface area contributed by atoms with Gasteiger partial charge in [-0.05, 0) is 64.6 Å². The van der Waals surface area contributed by atoms with Crippen molar-refractivity contribution < 1.29 is 8.42 Å². The molecule has 3 aliphatic rings. The van der Waals surface area contributed by atoms with Gasteiger partial charge < -0.3 is 5.32 Å². The van der Waals surface area contributed by atoms with Gasteiger partial charge in [0.1, 0.15) is 0 Å². The zero-order valence-corrected chi connectivity index (χ0v) is 13.8. The highest BCUT2D eigenvalue weighted by Crippen LogP contribution is 2.23. The van der Waals surface area contributed by atoms with Gasteiger partial charge in [-0.3, -0.25) is 4.90 Å². The summed E-state index contributed by atoms with van der Waals surface area (Å²) in [4.78, 5) is 2.48. The molecule has 122 valence electrons. The van der Waals surface area contributed by atoms with Crippen molar-refractivity contribution in [3.63, 3.8) is 0 Å². The predicted octanol–water partition coefficient (Wildman–Crippen LogP) is 1.02. The predicted molar refractivity (Wildman–Crippen MR) is 84.8 cm³/mol. The zero-order chi connectivity index (χ0) is 14.7. The van der Waals surface area contributed by atoms with Gasteiger partial charge in [0.2, 0.25) is 10.0 Å². The van der Waals surface area contributed by atoms with E-state index in [1.807, 2.05) is 0 Å². The van der Waals surface area contributed by atoms with Crippen molar-refractivity contribution in [2.24, 2.45) is 0 Å². The average Bonchev–Trinajstić information content (AvgIpc) is 2.97. The van der Waals surface area contributed by atoms with Gasteiger partial charge in [-0.15, -0.1) is 0 Å². The lowest BCUT2D eigenvalue weighted by molar-refractivity contribution is 0.251. The molecule has 0 radical (unpaired) electrons. The maximum absolute atomic E-state index is 12.4. The topological polar surface area (TPSA) is 52.7 Å². The Kier molecular flexibility index (Phi) is 5.19. The molecule has 1 N–H and O–H groups in total. The first-order valence-electron chi connectivity index (χ1n) is 8.60. The highest BCUT2D eigenvalue weighted by Gasteiger charge is 2.34. The van der Waals surface area contributed by atoms with Gasteiger partial charge in [-0.1, -0.05) is 0 Å². The van der Waals surface area contributed by atoms with Crippen molar-refractivity contribution in [1.82, 2.24) is 14.5 Å². The van der Waals surface area contributed by atoms with E-state index in [2.05, 4.69) is 10.2 Å². The first kappa shape index (κ1) is 15.7. The summed E-state index contributed by atoms with van der Waals surface area (Å²) in [5.74, 6) is 0.325. The Morgan fingerprint density at radius 2 is 1.76 bits per heavy atom. The molecule has 2 saturated heterocycles. The van der Waals surface area contributed by atoms with E-state index in [9.17, 15) is 8.42 Å². The summed E-state index contributed by atoms with van der Waals surface area (Å²) in [6.07, 6.45) is 7.91. The minimum atomic E-state index is -3.03. The lowest BCUT2D eigenvalue weighted by Crippen LogP contribution is -2.37. The molecule has 1 unspecified atom stereocenters. The van der Waals surface area contributed by atoms with Crippen LogP contribution in [0.3, 0.4) is 0 Å².